The number of aliphatic hydroxyl groups is 1. The smallest absolute Gasteiger partial charge is 0.119 e. The molecule has 0 spiro atoms. The molecule has 3 aliphatic rings. The zero-order chi connectivity index (χ0) is 16.9. The summed E-state index contributed by atoms with van der Waals surface area (Å²) in [5.74, 6) is 2.53. The van der Waals surface area contributed by atoms with Crippen LogP contribution in [0.5, 0.6) is 5.75 Å². The van der Waals surface area contributed by atoms with E-state index in [1.807, 2.05) is 0 Å². The van der Waals surface area contributed by atoms with Crippen molar-refractivity contribution in [2.75, 3.05) is 7.11 Å². The zero-order valence-corrected chi connectivity index (χ0v) is 14.4. The molecule has 0 heterocycles. The first-order valence-corrected chi connectivity index (χ1v) is 8.97. The van der Waals surface area contributed by atoms with E-state index in [2.05, 4.69) is 35.1 Å². The Morgan fingerprint density at radius 2 is 2.21 bits per heavy atom. The van der Waals surface area contributed by atoms with E-state index in [0.29, 0.717) is 17.8 Å². The lowest BCUT2D eigenvalue weighted by Gasteiger charge is -2.50. The van der Waals surface area contributed by atoms with E-state index < -0.39 is 6.10 Å². The Morgan fingerprint density at radius 1 is 1.38 bits per heavy atom. The number of ether oxygens (including phenoxy) is 1. The van der Waals surface area contributed by atoms with Gasteiger partial charge in [0, 0.05) is 4.91 Å². The largest absolute Gasteiger partial charge is 0.497 e. The molecule has 0 saturated heterocycles. The maximum absolute atomic E-state index is 10.5. The second kappa shape index (κ2) is 5.68. The van der Waals surface area contributed by atoms with Crippen molar-refractivity contribution >= 4 is 0 Å². The minimum Gasteiger partial charge on any atom is -0.497 e. The van der Waals surface area contributed by atoms with E-state index in [1.165, 1.54) is 11.1 Å². The van der Waals surface area contributed by atoms with Gasteiger partial charge in [0.15, 0.2) is 0 Å². The van der Waals surface area contributed by atoms with Gasteiger partial charge in [-0.25, -0.2) is 0 Å². The summed E-state index contributed by atoms with van der Waals surface area (Å²) in [6.45, 7) is 2.23. The van der Waals surface area contributed by atoms with Crippen molar-refractivity contribution in [2.45, 2.75) is 57.1 Å². The van der Waals surface area contributed by atoms with Crippen LogP contribution < -0.4 is 4.74 Å². The average Bonchev–Trinajstić information content (AvgIpc) is 2.85. The Balaban J connectivity index is 1.68. The molecular weight excluding hydrogens is 302 g/mol. The number of azide groups is 1. The summed E-state index contributed by atoms with van der Waals surface area (Å²) in [6, 6.07) is 6.22. The molecule has 4 rings (SSSR count). The lowest BCUT2D eigenvalue weighted by Crippen LogP contribution is -2.44. The van der Waals surface area contributed by atoms with Gasteiger partial charge in [0.1, 0.15) is 5.75 Å². The number of aliphatic hydroxyl groups excluding tert-OH is 1. The number of benzene rings is 1. The SMILES string of the molecule is COc1ccc2c(c1)CC[C@@H]1[C@@H]2CC[C@]2(C)[C@H](N=[N+]=[N-])[C@@H](O)C[C@@H]12. The predicted octanol–water partition coefficient (Wildman–Crippen LogP) is 4.20. The number of hydrogen-bond acceptors (Lipinski definition) is 3. The predicted molar refractivity (Wildman–Crippen MR) is 91.9 cm³/mol. The van der Waals surface area contributed by atoms with Gasteiger partial charge >= 0.3 is 0 Å². The summed E-state index contributed by atoms with van der Waals surface area (Å²) < 4.78 is 5.38. The molecule has 6 atom stereocenters. The number of aryl methyl sites for hydroxylation is 1. The van der Waals surface area contributed by atoms with Crippen molar-refractivity contribution in [1.82, 2.24) is 0 Å². The lowest BCUT2D eigenvalue weighted by molar-refractivity contribution is 0.0473. The second-order valence-electron chi connectivity index (χ2n) is 7.98. The molecule has 0 unspecified atom stereocenters. The molecule has 2 fully saturated rings. The van der Waals surface area contributed by atoms with E-state index in [0.717, 1.165) is 37.9 Å². The first kappa shape index (κ1) is 15.8. The Morgan fingerprint density at radius 3 is 2.96 bits per heavy atom. The van der Waals surface area contributed by atoms with Crippen LogP contribution in [0, 0.1) is 17.3 Å². The number of methoxy groups -OCH3 is 1. The number of fused-ring (bicyclic) bond motifs is 5. The molecule has 0 radical (unpaired) electrons. The van der Waals surface area contributed by atoms with Gasteiger partial charge in [-0.2, -0.15) is 0 Å². The summed E-state index contributed by atoms with van der Waals surface area (Å²) in [7, 11) is 1.72. The molecule has 1 aromatic carbocycles. The van der Waals surface area contributed by atoms with Crippen LogP contribution in [0.2, 0.25) is 0 Å². The highest BCUT2D eigenvalue weighted by Gasteiger charge is 2.57. The highest BCUT2D eigenvalue weighted by atomic mass is 16.5. The van der Waals surface area contributed by atoms with Gasteiger partial charge < -0.3 is 9.84 Å². The highest BCUT2D eigenvalue weighted by molar-refractivity contribution is 5.40. The van der Waals surface area contributed by atoms with Gasteiger partial charge in [-0.3, -0.25) is 0 Å². The van der Waals surface area contributed by atoms with Crippen LogP contribution >= 0.6 is 0 Å². The number of rotatable bonds is 2. The fourth-order valence-electron chi connectivity index (χ4n) is 5.94. The van der Waals surface area contributed by atoms with Crippen LogP contribution in [0.1, 0.15) is 49.7 Å². The molecule has 128 valence electrons. The van der Waals surface area contributed by atoms with Crippen LogP contribution in [0.15, 0.2) is 23.3 Å². The van der Waals surface area contributed by atoms with E-state index in [9.17, 15) is 5.11 Å². The minimum absolute atomic E-state index is 0.0587. The first-order chi connectivity index (χ1) is 11.6. The van der Waals surface area contributed by atoms with E-state index in [-0.39, 0.29) is 11.5 Å². The molecule has 0 aromatic heterocycles. The molecule has 3 aliphatic carbocycles. The third-order valence-corrected chi connectivity index (χ3v) is 7.08. The molecule has 1 N–H and O–H groups in total. The van der Waals surface area contributed by atoms with E-state index in [1.54, 1.807) is 7.11 Å². The Labute approximate surface area is 142 Å². The summed E-state index contributed by atoms with van der Waals surface area (Å²) in [5.41, 5.74) is 11.7. The third-order valence-electron chi connectivity index (χ3n) is 7.08. The van der Waals surface area contributed by atoms with Crippen molar-refractivity contribution in [3.8, 4) is 5.75 Å². The summed E-state index contributed by atoms with van der Waals surface area (Å²) in [5, 5.41) is 14.5. The average molecular weight is 327 g/mol. The van der Waals surface area contributed by atoms with Crippen LogP contribution in [-0.2, 0) is 6.42 Å². The van der Waals surface area contributed by atoms with Crippen molar-refractivity contribution < 1.29 is 9.84 Å². The monoisotopic (exact) mass is 327 g/mol. The maximum atomic E-state index is 10.5. The third kappa shape index (κ3) is 2.15. The normalized spacial score (nSPS) is 40.0. The minimum atomic E-state index is -0.494. The number of hydrogen-bond donors (Lipinski definition) is 1. The Hall–Kier alpha value is -1.71. The zero-order valence-electron chi connectivity index (χ0n) is 14.4. The van der Waals surface area contributed by atoms with Crippen molar-refractivity contribution in [1.29, 1.82) is 0 Å². The van der Waals surface area contributed by atoms with Gasteiger partial charge in [-0.05, 0) is 84.1 Å². The molecule has 5 nitrogen and oxygen atoms in total. The quantitative estimate of drug-likeness (QED) is 0.502. The fourth-order valence-corrected chi connectivity index (χ4v) is 5.94. The fraction of sp³-hybridized carbons (Fsp3) is 0.684. The molecule has 0 amide bonds. The van der Waals surface area contributed by atoms with Crippen LogP contribution in [0.3, 0.4) is 0 Å². The van der Waals surface area contributed by atoms with Gasteiger partial charge in [-0.1, -0.05) is 18.1 Å². The molecule has 1 aromatic rings. The van der Waals surface area contributed by atoms with Crippen LogP contribution in [0.4, 0.5) is 0 Å². The summed E-state index contributed by atoms with van der Waals surface area (Å²) in [6.07, 6.45) is 4.63. The van der Waals surface area contributed by atoms with Crippen LogP contribution in [0.25, 0.3) is 10.4 Å². The first-order valence-electron chi connectivity index (χ1n) is 8.97. The molecule has 2 saturated carbocycles. The van der Waals surface area contributed by atoms with Crippen molar-refractivity contribution in [3.05, 3.63) is 39.8 Å². The Kier molecular flexibility index (Phi) is 3.74. The van der Waals surface area contributed by atoms with Gasteiger partial charge in [0.05, 0.1) is 19.3 Å². The highest BCUT2D eigenvalue weighted by Crippen LogP contribution is 2.61. The molecule has 5 heteroatoms. The standard InChI is InChI=1S/C19H25N3O2/c1-19-8-7-14-13-6-4-12(24-2)9-11(13)3-5-15(14)16(19)10-17(23)18(19)21-22-20/h4,6,9,14-18,23H,3,5,7-8,10H2,1-2H3/t14-,15-,16+,17+,18-,19+/m1/s1. The van der Waals surface area contributed by atoms with Gasteiger partial charge in [0.25, 0.3) is 0 Å². The second-order valence-corrected chi connectivity index (χ2v) is 7.98. The maximum Gasteiger partial charge on any atom is 0.119 e. The van der Waals surface area contributed by atoms with E-state index in [4.69, 9.17) is 10.3 Å². The van der Waals surface area contributed by atoms with E-state index >= 15 is 0 Å². The van der Waals surface area contributed by atoms with Crippen molar-refractivity contribution in [2.24, 2.45) is 22.4 Å². The summed E-state index contributed by atoms with van der Waals surface area (Å²) >= 11 is 0. The lowest BCUT2D eigenvalue weighted by atomic mass is 9.55. The van der Waals surface area contributed by atoms with Crippen LogP contribution in [-0.4, -0.2) is 24.4 Å². The van der Waals surface area contributed by atoms with Gasteiger partial charge in [-0.15, -0.1) is 0 Å². The van der Waals surface area contributed by atoms with Crippen molar-refractivity contribution in [3.63, 3.8) is 0 Å². The summed E-state index contributed by atoms with van der Waals surface area (Å²) in [4.78, 5) is 3.01. The number of nitrogens with zero attached hydrogens (tertiary/aromatic N) is 3. The molecule has 0 aliphatic heterocycles. The molecular formula is C19H25N3O2. The Bertz CT molecular complexity index is 700. The molecule has 0 bridgehead atoms. The molecule has 24 heavy (non-hydrogen) atoms. The van der Waals surface area contributed by atoms with Gasteiger partial charge in [0.2, 0.25) is 0 Å². The topological polar surface area (TPSA) is 78.2 Å².